The van der Waals surface area contributed by atoms with E-state index >= 15 is 0 Å². The van der Waals surface area contributed by atoms with E-state index in [4.69, 9.17) is 0 Å². The maximum atomic E-state index is 10.9. The Morgan fingerprint density at radius 2 is 2.36 bits per heavy atom. The first-order valence-electron chi connectivity index (χ1n) is 4.39. The minimum absolute atomic E-state index is 0.105. The zero-order chi connectivity index (χ0) is 10.1. The number of carbonyl (C=O) groups is 1. The fourth-order valence-corrected chi connectivity index (χ4v) is 1.38. The van der Waals surface area contributed by atoms with Crippen molar-refractivity contribution in [3.05, 3.63) is 23.9 Å². The summed E-state index contributed by atoms with van der Waals surface area (Å²) in [5.41, 5.74) is 1.76. The van der Waals surface area contributed by atoms with Crippen LogP contribution < -0.4 is 5.32 Å². The third-order valence-electron chi connectivity index (χ3n) is 2.02. The smallest absolute Gasteiger partial charge is 0.222 e. The number of hydrogen-bond acceptors (Lipinski definition) is 2. The standard InChI is InChI=1S/C10H11N3O/c1-6-5-8-3-4-11-10(8)13-9(6)12-7(2)14/h3-5H,1-2H3,(H2,11,12,13,14). The number of H-pyrrole nitrogens is 1. The van der Waals surface area contributed by atoms with E-state index in [1.54, 1.807) is 0 Å². The quantitative estimate of drug-likeness (QED) is 0.719. The van der Waals surface area contributed by atoms with E-state index in [-0.39, 0.29) is 5.91 Å². The van der Waals surface area contributed by atoms with Crippen molar-refractivity contribution in [2.24, 2.45) is 0 Å². The number of carbonyl (C=O) groups excluding carboxylic acids is 1. The van der Waals surface area contributed by atoms with Crippen molar-refractivity contribution in [3.63, 3.8) is 0 Å². The van der Waals surface area contributed by atoms with E-state index in [2.05, 4.69) is 15.3 Å². The molecule has 4 nitrogen and oxygen atoms in total. The average Bonchev–Trinajstić information content (AvgIpc) is 2.51. The molecular formula is C10H11N3O. The predicted octanol–water partition coefficient (Wildman–Crippen LogP) is 1.83. The van der Waals surface area contributed by atoms with Gasteiger partial charge >= 0.3 is 0 Å². The summed E-state index contributed by atoms with van der Waals surface area (Å²) in [7, 11) is 0. The second-order valence-electron chi connectivity index (χ2n) is 3.25. The molecule has 1 amide bonds. The largest absolute Gasteiger partial charge is 0.346 e. The molecule has 2 heterocycles. The topological polar surface area (TPSA) is 57.8 Å². The molecule has 2 N–H and O–H groups in total. The van der Waals surface area contributed by atoms with Gasteiger partial charge in [0.05, 0.1) is 0 Å². The number of aryl methyl sites for hydroxylation is 1. The monoisotopic (exact) mass is 189 g/mol. The molecule has 0 bridgehead atoms. The predicted molar refractivity (Wildman–Crippen MR) is 55.1 cm³/mol. The van der Waals surface area contributed by atoms with Crippen LogP contribution in [0, 0.1) is 6.92 Å². The Hall–Kier alpha value is -1.84. The lowest BCUT2D eigenvalue weighted by atomic mass is 10.2. The maximum absolute atomic E-state index is 10.9. The molecule has 0 aliphatic carbocycles. The highest BCUT2D eigenvalue weighted by Gasteiger charge is 2.04. The number of aromatic amines is 1. The zero-order valence-electron chi connectivity index (χ0n) is 8.09. The molecule has 4 heteroatoms. The Bertz CT molecular complexity index is 487. The van der Waals surface area contributed by atoms with Gasteiger partial charge in [0.25, 0.3) is 0 Å². The van der Waals surface area contributed by atoms with Crippen LogP contribution in [0.15, 0.2) is 18.3 Å². The van der Waals surface area contributed by atoms with Gasteiger partial charge in [-0.25, -0.2) is 4.98 Å². The van der Waals surface area contributed by atoms with Crippen molar-refractivity contribution < 1.29 is 4.79 Å². The number of nitrogens with zero attached hydrogens (tertiary/aromatic N) is 1. The van der Waals surface area contributed by atoms with Gasteiger partial charge in [-0.2, -0.15) is 0 Å². The van der Waals surface area contributed by atoms with E-state index < -0.39 is 0 Å². The molecular weight excluding hydrogens is 178 g/mol. The SMILES string of the molecule is CC(=O)Nc1nc2[nH]ccc2cc1C. The van der Waals surface area contributed by atoms with Crippen molar-refractivity contribution >= 4 is 22.8 Å². The van der Waals surface area contributed by atoms with Crippen molar-refractivity contribution in [1.82, 2.24) is 9.97 Å². The van der Waals surface area contributed by atoms with Gasteiger partial charge in [-0.15, -0.1) is 0 Å². The average molecular weight is 189 g/mol. The summed E-state index contributed by atoms with van der Waals surface area (Å²) < 4.78 is 0. The molecule has 2 aromatic rings. The van der Waals surface area contributed by atoms with Crippen LogP contribution in [-0.4, -0.2) is 15.9 Å². The number of nitrogens with one attached hydrogen (secondary N) is 2. The number of pyridine rings is 1. The lowest BCUT2D eigenvalue weighted by Crippen LogP contribution is -2.08. The summed E-state index contributed by atoms with van der Waals surface area (Å²) in [5.74, 6) is 0.513. The fraction of sp³-hybridized carbons (Fsp3) is 0.200. The highest BCUT2D eigenvalue weighted by Crippen LogP contribution is 2.18. The molecule has 0 aliphatic rings. The Labute approximate surface area is 81.3 Å². The van der Waals surface area contributed by atoms with Crippen molar-refractivity contribution in [2.75, 3.05) is 5.32 Å². The van der Waals surface area contributed by atoms with Crippen LogP contribution in [0.3, 0.4) is 0 Å². The summed E-state index contributed by atoms with van der Waals surface area (Å²) in [6.45, 7) is 3.39. The van der Waals surface area contributed by atoms with Gasteiger partial charge in [-0.1, -0.05) is 0 Å². The Morgan fingerprint density at radius 3 is 3.07 bits per heavy atom. The molecule has 2 rings (SSSR count). The van der Waals surface area contributed by atoms with Gasteiger partial charge in [0.15, 0.2) is 0 Å². The minimum atomic E-state index is -0.105. The summed E-state index contributed by atoms with van der Waals surface area (Å²) in [6.07, 6.45) is 1.83. The van der Waals surface area contributed by atoms with Gasteiger partial charge in [0.1, 0.15) is 11.5 Å². The molecule has 0 saturated heterocycles. The number of rotatable bonds is 1. The number of aromatic nitrogens is 2. The third kappa shape index (κ3) is 1.46. The van der Waals surface area contributed by atoms with Gasteiger partial charge in [0, 0.05) is 18.5 Å². The Kier molecular flexibility index (Phi) is 1.96. The summed E-state index contributed by atoms with van der Waals surface area (Å²) >= 11 is 0. The highest BCUT2D eigenvalue weighted by atomic mass is 16.1. The summed E-state index contributed by atoms with van der Waals surface area (Å²) in [6, 6.07) is 3.94. The second kappa shape index (κ2) is 3.14. The first kappa shape index (κ1) is 8.74. The molecule has 2 aromatic heterocycles. The zero-order valence-corrected chi connectivity index (χ0v) is 8.09. The lowest BCUT2D eigenvalue weighted by molar-refractivity contribution is -0.114. The maximum Gasteiger partial charge on any atom is 0.222 e. The number of fused-ring (bicyclic) bond motifs is 1. The molecule has 0 aliphatic heterocycles. The van der Waals surface area contributed by atoms with Crippen LogP contribution in [0.4, 0.5) is 5.82 Å². The third-order valence-corrected chi connectivity index (χ3v) is 2.02. The first-order valence-corrected chi connectivity index (χ1v) is 4.39. The fourth-order valence-electron chi connectivity index (χ4n) is 1.38. The Balaban J connectivity index is 2.53. The summed E-state index contributed by atoms with van der Waals surface area (Å²) in [5, 5.41) is 3.74. The summed E-state index contributed by atoms with van der Waals surface area (Å²) in [4.78, 5) is 18.2. The van der Waals surface area contributed by atoms with E-state index in [1.807, 2.05) is 25.3 Å². The number of hydrogen-bond donors (Lipinski definition) is 2. The number of amides is 1. The normalized spacial score (nSPS) is 10.4. The van der Waals surface area contributed by atoms with Gasteiger partial charge in [0.2, 0.25) is 5.91 Å². The van der Waals surface area contributed by atoms with Crippen LogP contribution in [0.25, 0.3) is 11.0 Å². The van der Waals surface area contributed by atoms with Crippen LogP contribution in [0.2, 0.25) is 0 Å². The van der Waals surface area contributed by atoms with E-state index in [0.717, 1.165) is 16.6 Å². The molecule has 72 valence electrons. The second-order valence-corrected chi connectivity index (χ2v) is 3.25. The molecule has 0 unspecified atom stereocenters. The van der Waals surface area contributed by atoms with Gasteiger partial charge in [-0.3, -0.25) is 4.79 Å². The van der Waals surface area contributed by atoms with Gasteiger partial charge < -0.3 is 10.3 Å². The molecule has 0 saturated carbocycles. The van der Waals surface area contributed by atoms with E-state index in [9.17, 15) is 4.79 Å². The van der Waals surface area contributed by atoms with Crippen molar-refractivity contribution in [1.29, 1.82) is 0 Å². The van der Waals surface area contributed by atoms with E-state index in [1.165, 1.54) is 6.92 Å². The highest BCUT2D eigenvalue weighted by molar-refractivity contribution is 5.90. The molecule has 14 heavy (non-hydrogen) atoms. The first-order chi connectivity index (χ1) is 6.66. The molecule has 0 radical (unpaired) electrons. The minimum Gasteiger partial charge on any atom is -0.346 e. The van der Waals surface area contributed by atoms with Crippen molar-refractivity contribution in [3.8, 4) is 0 Å². The molecule has 0 spiro atoms. The lowest BCUT2D eigenvalue weighted by Gasteiger charge is -2.04. The van der Waals surface area contributed by atoms with Crippen LogP contribution in [-0.2, 0) is 4.79 Å². The molecule has 0 aromatic carbocycles. The van der Waals surface area contributed by atoms with Gasteiger partial charge in [-0.05, 0) is 24.6 Å². The van der Waals surface area contributed by atoms with Crippen molar-refractivity contribution in [2.45, 2.75) is 13.8 Å². The Morgan fingerprint density at radius 1 is 1.57 bits per heavy atom. The van der Waals surface area contributed by atoms with Crippen LogP contribution in [0.5, 0.6) is 0 Å². The van der Waals surface area contributed by atoms with Crippen LogP contribution >= 0.6 is 0 Å². The van der Waals surface area contributed by atoms with E-state index in [0.29, 0.717) is 5.82 Å². The van der Waals surface area contributed by atoms with Crippen LogP contribution in [0.1, 0.15) is 12.5 Å². The molecule has 0 fully saturated rings. The molecule has 0 atom stereocenters. The number of anilines is 1.